The van der Waals surface area contributed by atoms with Crippen LogP contribution in [0.5, 0.6) is 0 Å². The van der Waals surface area contributed by atoms with E-state index in [1.807, 2.05) is 14.0 Å². The third-order valence-electron chi connectivity index (χ3n) is 10.5. The topological polar surface area (TPSA) is 57.0 Å². The van der Waals surface area contributed by atoms with Crippen molar-refractivity contribution in [1.82, 2.24) is 15.0 Å². The monoisotopic (exact) mass is 427 g/mol. The summed E-state index contributed by atoms with van der Waals surface area (Å²) in [6, 6.07) is 0. The number of hydrogen-bond donors (Lipinski definition) is 0. The number of fused-ring (bicyclic) bond motifs is 5. The molecule has 5 nitrogen and oxygen atoms in total. The molecule has 8 unspecified atom stereocenters. The van der Waals surface area contributed by atoms with Gasteiger partial charge in [-0.3, -0.25) is 4.79 Å². The molecular formula is C26H41N3O2. The van der Waals surface area contributed by atoms with Crippen molar-refractivity contribution in [3.8, 4) is 0 Å². The molecule has 0 spiro atoms. The molecule has 1 heterocycles. The van der Waals surface area contributed by atoms with Gasteiger partial charge in [-0.1, -0.05) is 13.8 Å². The van der Waals surface area contributed by atoms with Gasteiger partial charge in [0.05, 0.1) is 11.9 Å². The number of hydrogen-bond acceptors (Lipinski definition) is 4. The van der Waals surface area contributed by atoms with E-state index in [-0.39, 0.29) is 11.3 Å². The van der Waals surface area contributed by atoms with E-state index in [1.165, 1.54) is 51.4 Å². The van der Waals surface area contributed by atoms with Crippen LogP contribution in [0.3, 0.4) is 0 Å². The first-order valence-electron chi connectivity index (χ1n) is 12.7. The molecular weight excluding hydrogens is 386 g/mol. The third-order valence-corrected chi connectivity index (χ3v) is 10.5. The normalized spacial score (nSPS) is 44.4. The first-order chi connectivity index (χ1) is 14.8. The van der Waals surface area contributed by atoms with Crippen LogP contribution in [0.4, 0.5) is 0 Å². The first-order valence-corrected chi connectivity index (χ1v) is 12.7. The highest BCUT2D eigenvalue weighted by Crippen LogP contribution is 2.67. The Morgan fingerprint density at radius 3 is 2.61 bits per heavy atom. The lowest BCUT2D eigenvalue weighted by Gasteiger charge is -2.61. The van der Waals surface area contributed by atoms with Crippen LogP contribution >= 0.6 is 0 Å². The average Bonchev–Trinajstić information content (AvgIpc) is 3.30. The van der Waals surface area contributed by atoms with Crippen molar-refractivity contribution in [3.05, 3.63) is 11.9 Å². The molecule has 0 N–H and O–H groups in total. The minimum absolute atomic E-state index is 0.177. The highest BCUT2D eigenvalue weighted by molar-refractivity contribution is 5.82. The lowest BCUT2D eigenvalue weighted by atomic mass is 9.44. The van der Waals surface area contributed by atoms with Gasteiger partial charge in [0.25, 0.3) is 0 Å². The second-order valence-electron chi connectivity index (χ2n) is 11.9. The van der Waals surface area contributed by atoms with E-state index < -0.39 is 0 Å². The van der Waals surface area contributed by atoms with Crippen molar-refractivity contribution >= 4 is 5.78 Å². The number of rotatable bonds is 5. The average molecular weight is 428 g/mol. The maximum absolute atomic E-state index is 13.3. The van der Waals surface area contributed by atoms with Gasteiger partial charge < -0.3 is 4.74 Å². The van der Waals surface area contributed by atoms with Crippen LogP contribution in [0.25, 0.3) is 0 Å². The zero-order valence-electron chi connectivity index (χ0n) is 20.0. The third kappa shape index (κ3) is 3.50. The number of methoxy groups -OCH3 is 1. The van der Waals surface area contributed by atoms with E-state index in [1.54, 1.807) is 11.0 Å². The van der Waals surface area contributed by atoms with Crippen LogP contribution in [0.1, 0.15) is 77.3 Å². The van der Waals surface area contributed by atoms with Crippen LogP contribution in [-0.4, -0.2) is 34.5 Å². The molecule has 5 rings (SSSR count). The fourth-order valence-corrected chi connectivity index (χ4v) is 8.97. The van der Waals surface area contributed by atoms with Crippen molar-refractivity contribution in [2.75, 3.05) is 13.7 Å². The van der Waals surface area contributed by atoms with Crippen LogP contribution in [-0.2, 0) is 16.1 Å². The van der Waals surface area contributed by atoms with E-state index in [2.05, 4.69) is 24.0 Å². The highest BCUT2D eigenvalue weighted by Gasteiger charge is 2.61. The summed E-state index contributed by atoms with van der Waals surface area (Å²) < 4.78 is 5.51. The Morgan fingerprint density at radius 2 is 1.87 bits per heavy atom. The van der Waals surface area contributed by atoms with Crippen LogP contribution in [0.2, 0.25) is 0 Å². The second-order valence-corrected chi connectivity index (χ2v) is 11.9. The number of aryl methyl sites for hydroxylation is 1. The maximum Gasteiger partial charge on any atom is 0.159 e. The van der Waals surface area contributed by atoms with E-state index in [0.717, 1.165) is 48.3 Å². The number of aromatic nitrogens is 3. The standard InChI is InChI=1S/C26H41N3O2/c1-17-14-27-29(28-17)15-24(30)23-8-7-21-20-6-5-19-13-18(16-31-4)9-11-25(19,2)22(20)10-12-26(21,23)3/h14,18-23H,5-13,15-16H2,1-4H3. The molecule has 0 bridgehead atoms. The van der Waals surface area contributed by atoms with Gasteiger partial charge in [0.2, 0.25) is 0 Å². The summed E-state index contributed by atoms with van der Waals surface area (Å²) in [5, 5.41) is 8.63. The molecule has 0 aliphatic heterocycles. The zero-order chi connectivity index (χ0) is 21.8. The molecule has 5 heteroatoms. The molecule has 1 aromatic rings. The molecule has 0 aromatic carbocycles. The summed E-state index contributed by atoms with van der Waals surface area (Å²) >= 11 is 0. The zero-order valence-corrected chi connectivity index (χ0v) is 20.0. The molecule has 8 atom stereocenters. The minimum atomic E-state index is 0.177. The first kappa shape index (κ1) is 21.6. The quantitative estimate of drug-likeness (QED) is 0.658. The smallest absolute Gasteiger partial charge is 0.159 e. The van der Waals surface area contributed by atoms with E-state index in [0.29, 0.717) is 17.7 Å². The molecule has 31 heavy (non-hydrogen) atoms. The van der Waals surface area contributed by atoms with E-state index >= 15 is 0 Å². The fourth-order valence-electron chi connectivity index (χ4n) is 8.97. The number of ketones is 1. The van der Waals surface area contributed by atoms with Gasteiger partial charge in [-0.05, 0) is 105 Å². The summed E-state index contributed by atoms with van der Waals surface area (Å²) in [6.07, 6.45) is 13.5. The molecule has 4 aliphatic rings. The molecule has 0 saturated heterocycles. The Labute approximate surface area is 187 Å². The van der Waals surface area contributed by atoms with Crippen molar-refractivity contribution in [2.24, 2.45) is 46.3 Å². The van der Waals surface area contributed by atoms with Crippen molar-refractivity contribution < 1.29 is 9.53 Å². The predicted octanol–water partition coefficient (Wildman–Crippen LogP) is 5.08. The van der Waals surface area contributed by atoms with Crippen molar-refractivity contribution in [3.63, 3.8) is 0 Å². The molecule has 172 valence electrons. The summed E-state index contributed by atoms with van der Waals surface area (Å²) in [4.78, 5) is 14.9. The Morgan fingerprint density at radius 1 is 1.10 bits per heavy atom. The summed E-state index contributed by atoms with van der Waals surface area (Å²) in [7, 11) is 1.86. The number of carbonyl (C=O) groups is 1. The summed E-state index contributed by atoms with van der Waals surface area (Å²) in [5.74, 6) is 4.59. The van der Waals surface area contributed by atoms with Gasteiger partial charge in [0, 0.05) is 19.6 Å². The summed E-state index contributed by atoms with van der Waals surface area (Å²) in [5.41, 5.74) is 1.57. The van der Waals surface area contributed by atoms with Gasteiger partial charge >= 0.3 is 0 Å². The predicted molar refractivity (Wildman–Crippen MR) is 120 cm³/mol. The van der Waals surface area contributed by atoms with Gasteiger partial charge in [-0.25, -0.2) is 0 Å². The van der Waals surface area contributed by atoms with Crippen molar-refractivity contribution in [1.29, 1.82) is 0 Å². The highest BCUT2D eigenvalue weighted by atomic mass is 16.5. The SMILES string of the molecule is COCC1CCC2(C)C(CCC3C2CCC2(C)C(C(=O)Cn4ncc(C)n4)CCC32)C1. The van der Waals surface area contributed by atoms with Crippen LogP contribution < -0.4 is 0 Å². The van der Waals surface area contributed by atoms with Gasteiger partial charge in [-0.15, -0.1) is 0 Å². The molecule has 4 aliphatic carbocycles. The summed E-state index contributed by atoms with van der Waals surface area (Å²) in [6.45, 7) is 8.30. The molecule has 4 saturated carbocycles. The Hall–Kier alpha value is -1.23. The second kappa shape index (κ2) is 7.97. The van der Waals surface area contributed by atoms with E-state index in [9.17, 15) is 4.79 Å². The van der Waals surface area contributed by atoms with Gasteiger partial charge in [0.15, 0.2) is 5.78 Å². The molecule has 0 amide bonds. The molecule has 1 aromatic heterocycles. The maximum atomic E-state index is 13.3. The number of ether oxygens (including phenoxy) is 1. The van der Waals surface area contributed by atoms with Crippen LogP contribution in [0, 0.1) is 53.3 Å². The largest absolute Gasteiger partial charge is 0.384 e. The minimum Gasteiger partial charge on any atom is -0.384 e. The fraction of sp³-hybridized carbons (Fsp3) is 0.885. The van der Waals surface area contributed by atoms with Crippen LogP contribution in [0.15, 0.2) is 6.20 Å². The Kier molecular flexibility index (Phi) is 5.55. The lowest BCUT2D eigenvalue weighted by Crippen LogP contribution is -2.54. The number of carbonyl (C=O) groups excluding carboxylic acids is 1. The lowest BCUT2D eigenvalue weighted by molar-refractivity contribution is -0.138. The number of nitrogens with zero attached hydrogens (tertiary/aromatic N) is 3. The number of Topliss-reactive ketones (excluding diaryl/α,β-unsaturated/α-hetero) is 1. The van der Waals surface area contributed by atoms with E-state index in [4.69, 9.17) is 4.74 Å². The van der Waals surface area contributed by atoms with Gasteiger partial charge in [0.1, 0.15) is 6.54 Å². The Balaban J connectivity index is 1.31. The van der Waals surface area contributed by atoms with Gasteiger partial charge in [-0.2, -0.15) is 15.0 Å². The Bertz CT molecular complexity index is 821. The molecule has 4 fully saturated rings. The van der Waals surface area contributed by atoms with Crippen molar-refractivity contribution in [2.45, 2.75) is 85.1 Å². The molecule has 0 radical (unpaired) electrons.